The minimum absolute atomic E-state index is 0.623. The van der Waals surface area contributed by atoms with E-state index in [0.29, 0.717) is 12.2 Å². The highest BCUT2D eigenvalue weighted by atomic mass is 79.9. The van der Waals surface area contributed by atoms with Crippen molar-refractivity contribution < 1.29 is 4.74 Å². The van der Waals surface area contributed by atoms with E-state index < -0.39 is 0 Å². The molecule has 94 valence electrons. The van der Waals surface area contributed by atoms with Crippen LogP contribution in [-0.4, -0.2) is 12.1 Å². The fourth-order valence-corrected chi connectivity index (χ4v) is 2.06. The predicted molar refractivity (Wildman–Crippen MR) is 76.7 cm³/mol. The third-order valence-corrected chi connectivity index (χ3v) is 3.16. The Kier molecular flexibility index (Phi) is 4.04. The summed E-state index contributed by atoms with van der Waals surface area (Å²) in [5.41, 5.74) is 8.49. The lowest BCUT2D eigenvalue weighted by Gasteiger charge is -2.11. The Balaban J connectivity index is 2.06. The van der Waals surface area contributed by atoms with Crippen LogP contribution >= 0.6 is 15.9 Å². The number of ether oxygens (including phenoxy) is 1. The average molecular weight is 308 g/mol. The number of anilines is 2. The van der Waals surface area contributed by atoms with Gasteiger partial charge in [-0.2, -0.15) is 0 Å². The molecule has 0 fully saturated rings. The first-order valence-electron chi connectivity index (χ1n) is 5.46. The van der Waals surface area contributed by atoms with Crippen LogP contribution in [-0.2, 0) is 6.54 Å². The van der Waals surface area contributed by atoms with Gasteiger partial charge < -0.3 is 15.8 Å². The molecule has 0 aliphatic rings. The number of pyridine rings is 1. The van der Waals surface area contributed by atoms with E-state index in [9.17, 15) is 0 Å². The van der Waals surface area contributed by atoms with Crippen molar-refractivity contribution in [2.75, 3.05) is 18.2 Å². The summed E-state index contributed by atoms with van der Waals surface area (Å²) in [5.74, 6) is 0.850. The number of nitrogens with two attached hydrogens (primary N) is 1. The highest BCUT2D eigenvalue weighted by Gasteiger charge is 2.04. The lowest BCUT2D eigenvalue weighted by Crippen LogP contribution is -2.03. The topological polar surface area (TPSA) is 60.2 Å². The Labute approximate surface area is 114 Å². The molecule has 0 aliphatic heterocycles. The number of benzene rings is 1. The van der Waals surface area contributed by atoms with Crippen molar-refractivity contribution in [2.24, 2.45) is 0 Å². The summed E-state index contributed by atoms with van der Waals surface area (Å²) in [6.07, 6.45) is 3.34. The highest BCUT2D eigenvalue weighted by Crippen LogP contribution is 2.27. The molecule has 0 atom stereocenters. The fraction of sp³-hybridized carbons (Fsp3) is 0.154. The minimum Gasteiger partial charge on any atom is -0.497 e. The molecule has 2 rings (SSSR count). The van der Waals surface area contributed by atoms with Crippen LogP contribution in [0.5, 0.6) is 5.75 Å². The van der Waals surface area contributed by atoms with Crippen molar-refractivity contribution in [3.63, 3.8) is 0 Å². The lowest BCUT2D eigenvalue weighted by molar-refractivity contribution is 0.414. The summed E-state index contributed by atoms with van der Waals surface area (Å²) in [5, 5.41) is 3.28. The molecular formula is C13H14BrN3O. The second kappa shape index (κ2) is 5.73. The van der Waals surface area contributed by atoms with Gasteiger partial charge in [0.05, 0.1) is 29.2 Å². The van der Waals surface area contributed by atoms with Crippen LogP contribution in [0.2, 0.25) is 0 Å². The SMILES string of the molecule is COc1ccc(CNc2c(N)cncc2Br)cc1. The number of hydrogen-bond acceptors (Lipinski definition) is 4. The molecule has 2 aromatic rings. The minimum atomic E-state index is 0.623. The van der Waals surface area contributed by atoms with E-state index in [2.05, 4.69) is 26.2 Å². The number of methoxy groups -OCH3 is 1. The van der Waals surface area contributed by atoms with Gasteiger partial charge in [-0.05, 0) is 33.6 Å². The van der Waals surface area contributed by atoms with Crippen molar-refractivity contribution in [2.45, 2.75) is 6.54 Å². The van der Waals surface area contributed by atoms with Crippen LogP contribution in [0.25, 0.3) is 0 Å². The van der Waals surface area contributed by atoms with Gasteiger partial charge in [0.2, 0.25) is 0 Å². The predicted octanol–water partition coefficient (Wildman–Crippen LogP) is 3.05. The molecule has 0 saturated carbocycles. The molecule has 0 aliphatic carbocycles. The van der Waals surface area contributed by atoms with E-state index in [-0.39, 0.29) is 0 Å². The number of halogens is 1. The van der Waals surface area contributed by atoms with E-state index in [1.54, 1.807) is 19.5 Å². The van der Waals surface area contributed by atoms with Gasteiger partial charge in [0.1, 0.15) is 5.75 Å². The lowest BCUT2D eigenvalue weighted by atomic mass is 10.2. The zero-order valence-corrected chi connectivity index (χ0v) is 11.6. The van der Waals surface area contributed by atoms with Crippen LogP contribution < -0.4 is 15.8 Å². The second-order valence-corrected chi connectivity index (χ2v) is 4.64. The number of nitrogen functional groups attached to an aromatic ring is 1. The summed E-state index contributed by atoms with van der Waals surface area (Å²) < 4.78 is 5.97. The summed E-state index contributed by atoms with van der Waals surface area (Å²) >= 11 is 3.42. The maximum atomic E-state index is 5.86. The van der Waals surface area contributed by atoms with Gasteiger partial charge in [0.25, 0.3) is 0 Å². The van der Waals surface area contributed by atoms with Crippen molar-refractivity contribution in [3.8, 4) is 5.75 Å². The molecule has 0 amide bonds. The van der Waals surface area contributed by atoms with Crippen LogP contribution in [0.1, 0.15) is 5.56 Å². The van der Waals surface area contributed by atoms with Gasteiger partial charge in [-0.15, -0.1) is 0 Å². The normalized spacial score (nSPS) is 10.1. The van der Waals surface area contributed by atoms with Crippen molar-refractivity contribution >= 4 is 27.3 Å². The van der Waals surface area contributed by atoms with Crippen LogP contribution in [0, 0.1) is 0 Å². The van der Waals surface area contributed by atoms with Gasteiger partial charge in [-0.1, -0.05) is 12.1 Å². The van der Waals surface area contributed by atoms with Crippen LogP contribution in [0.3, 0.4) is 0 Å². The molecule has 0 spiro atoms. The molecule has 5 heteroatoms. The van der Waals surface area contributed by atoms with Gasteiger partial charge in [0, 0.05) is 12.7 Å². The molecule has 1 heterocycles. The molecule has 0 unspecified atom stereocenters. The van der Waals surface area contributed by atoms with Crippen LogP contribution in [0.15, 0.2) is 41.1 Å². The molecule has 18 heavy (non-hydrogen) atoms. The smallest absolute Gasteiger partial charge is 0.118 e. The second-order valence-electron chi connectivity index (χ2n) is 3.79. The zero-order chi connectivity index (χ0) is 13.0. The Morgan fingerprint density at radius 2 is 2.00 bits per heavy atom. The average Bonchev–Trinajstić information content (AvgIpc) is 2.39. The standard InChI is InChI=1S/C13H14BrN3O/c1-18-10-4-2-9(3-5-10)6-17-13-11(14)7-16-8-12(13)15/h2-5,7-8H,6,15H2,1H3,(H,16,17). The van der Waals surface area contributed by atoms with E-state index in [4.69, 9.17) is 10.5 Å². The van der Waals surface area contributed by atoms with Gasteiger partial charge in [-0.3, -0.25) is 4.98 Å². The van der Waals surface area contributed by atoms with Gasteiger partial charge in [0.15, 0.2) is 0 Å². The van der Waals surface area contributed by atoms with Gasteiger partial charge in [-0.25, -0.2) is 0 Å². The maximum Gasteiger partial charge on any atom is 0.118 e. The third kappa shape index (κ3) is 2.92. The van der Waals surface area contributed by atoms with Crippen LogP contribution in [0.4, 0.5) is 11.4 Å². The molecule has 0 radical (unpaired) electrons. The zero-order valence-electron chi connectivity index (χ0n) is 9.98. The third-order valence-electron chi connectivity index (χ3n) is 2.56. The quantitative estimate of drug-likeness (QED) is 0.911. The van der Waals surface area contributed by atoms with E-state index >= 15 is 0 Å². The molecular weight excluding hydrogens is 294 g/mol. The Morgan fingerprint density at radius 3 is 2.61 bits per heavy atom. The Hall–Kier alpha value is -1.75. The largest absolute Gasteiger partial charge is 0.497 e. The van der Waals surface area contributed by atoms with Crippen molar-refractivity contribution in [3.05, 3.63) is 46.7 Å². The van der Waals surface area contributed by atoms with E-state index in [0.717, 1.165) is 21.5 Å². The molecule has 3 N–H and O–H groups in total. The molecule has 1 aromatic heterocycles. The van der Waals surface area contributed by atoms with E-state index in [1.807, 2.05) is 24.3 Å². The Bertz CT molecular complexity index is 508. The fourth-order valence-electron chi connectivity index (χ4n) is 1.57. The van der Waals surface area contributed by atoms with Crippen molar-refractivity contribution in [1.82, 2.24) is 4.98 Å². The Morgan fingerprint density at radius 1 is 1.28 bits per heavy atom. The highest BCUT2D eigenvalue weighted by molar-refractivity contribution is 9.10. The number of nitrogens with zero attached hydrogens (tertiary/aromatic N) is 1. The number of rotatable bonds is 4. The summed E-state index contributed by atoms with van der Waals surface area (Å²) in [6, 6.07) is 7.89. The van der Waals surface area contributed by atoms with Crippen molar-refractivity contribution in [1.29, 1.82) is 0 Å². The number of aromatic nitrogens is 1. The molecule has 1 aromatic carbocycles. The van der Waals surface area contributed by atoms with Gasteiger partial charge >= 0.3 is 0 Å². The maximum absolute atomic E-state index is 5.86. The summed E-state index contributed by atoms with van der Waals surface area (Å²) in [4.78, 5) is 3.99. The first-order chi connectivity index (χ1) is 8.70. The molecule has 0 saturated heterocycles. The molecule has 0 bridgehead atoms. The molecule has 4 nitrogen and oxygen atoms in total. The summed E-state index contributed by atoms with van der Waals surface area (Å²) in [7, 11) is 1.65. The number of nitrogens with one attached hydrogen (secondary N) is 1. The number of hydrogen-bond donors (Lipinski definition) is 2. The first-order valence-corrected chi connectivity index (χ1v) is 6.26. The summed E-state index contributed by atoms with van der Waals surface area (Å²) in [6.45, 7) is 0.691. The van der Waals surface area contributed by atoms with E-state index in [1.165, 1.54) is 0 Å². The first kappa shape index (κ1) is 12.7. The monoisotopic (exact) mass is 307 g/mol.